The lowest BCUT2D eigenvalue weighted by molar-refractivity contribution is -0.142. The van der Waals surface area contributed by atoms with Gasteiger partial charge in [0.15, 0.2) is 6.04 Å². The highest BCUT2D eigenvalue weighted by molar-refractivity contribution is 5.81. The number of ether oxygens (including phenoxy) is 1. The summed E-state index contributed by atoms with van der Waals surface area (Å²) < 4.78 is 5.06. The van der Waals surface area contributed by atoms with Gasteiger partial charge >= 0.3 is 12.1 Å². The zero-order valence-electron chi connectivity index (χ0n) is 15.0. The van der Waals surface area contributed by atoms with Gasteiger partial charge in [0.2, 0.25) is 0 Å². The number of carboxylic acids is 1. The van der Waals surface area contributed by atoms with Crippen molar-refractivity contribution in [1.29, 1.82) is 0 Å². The predicted octanol–water partition coefficient (Wildman–Crippen LogP) is 3.36. The van der Waals surface area contributed by atoms with E-state index in [1.165, 1.54) is 0 Å². The third-order valence-corrected chi connectivity index (χ3v) is 3.61. The molecule has 0 bridgehead atoms. The topological polar surface area (TPSA) is 95.9 Å². The Labute approximate surface area is 152 Å². The van der Waals surface area contributed by atoms with Gasteiger partial charge in [-0.3, -0.25) is 0 Å². The van der Waals surface area contributed by atoms with E-state index in [4.69, 9.17) is 4.74 Å². The molecule has 6 nitrogen and oxygen atoms in total. The first-order valence-electron chi connectivity index (χ1n) is 8.23. The highest BCUT2D eigenvalue weighted by Gasteiger charge is 2.31. The van der Waals surface area contributed by atoms with Crippen LogP contribution in [-0.2, 0) is 9.53 Å². The first kappa shape index (κ1) is 19.5. The van der Waals surface area contributed by atoms with Gasteiger partial charge in [0.25, 0.3) is 0 Å². The normalized spacial score (nSPS) is 13.5. The summed E-state index contributed by atoms with van der Waals surface area (Å²) in [6, 6.07) is 15.0. The summed E-state index contributed by atoms with van der Waals surface area (Å²) in [5.41, 5.74) is 1.56. The zero-order valence-corrected chi connectivity index (χ0v) is 15.0. The third kappa shape index (κ3) is 5.32. The fraction of sp³-hybridized carbons (Fsp3) is 0.300. The molecule has 0 aromatic heterocycles. The Hall–Kier alpha value is -2.86. The maximum absolute atomic E-state index is 11.8. The number of benzene rings is 2. The van der Waals surface area contributed by atoms with Crippen molar-refractivity contribution in [2.24, 2.45) is 0 Å². The van der Waals surface area contributed by atoms with Crippen LogP contribution in [0.15, 0.2) is 54.6 Å². The number of hydrogen-bond donors (Lipinski definition) is 3. The van der Waals surface area contributed by atoms with Crippen LogP contribution < -0.4 is 5.32 Å². The van der Waals surface area contributed by atoms with Gasteiger partial charge in [0.05, 0.1) is 0 Å². The van der Waals surface area contributed by atoms with Gasteiger partial charge < -0.3 is 20.3 Å². The van der Waals surface area contributed by atoms with E-state index in [1.54, 1.807) is 45.0 Å². The van der Waals surface area contributed by atoms with Crippen molar-refractivity contribution in [2.45, 2.75) is 38.5 Å². The summed E-state index contributed by atoms with van der Waals surface area (Å²) in [4.78, 5) is 23.3. The van der Waals surface area contributed by atoms with Crippen LogP contribution in [0.3, 0.4) is 0 Å². The quantitative estimate of drug-likeness (QED) is 0.762. The molecule has 1 amide bonds. The Bertz CT molecular complexity index is 750. The van der Waals surface area contributed by atoms with Crippen LogP contribution in [0.2, 0.25) is 0 Å². The monoisotopic (exact) mass is 357 g/mol. The average Bonchev–Trinajstić information content (AvgIpc) is 2.58. The van der Waals surface area contributed by atoms with Gasteiger partial charge in [-0.15, -0.1) is 0 Å². The molecule has 0 heterocycles. The molecule has 2 aromatic rings. The number of aliphatic hydroxyl groups is 1. The molecule has 26 heavy (non-hydrogen) atoms. The maximum atomic E-state index is 11.8. The van der Waals surface area contributed by atoms with Gasteiger partial charge in [-0.25, -0.2) is 9.59 Å². The SMILES string of the molecule is CC(C)(C)OC(=O)N[C@H](C(=O)O)[C@H](O)c1ccc(-c2ccccc2)cc1. The Morgan fingerprint density at radius 3 is 2.00 bits per heavy atom. The molecule has 2 rings (SSSR count). The van der Waals surface area contributed by atoms with Crippen molar-refractivity contribution in [3.8, 4) is 11.1 Å². The van der Waals surface area contributed by atoms with Crippen LogP contribution >= 0.6 is 0 Å². The smallest absolute Gasteiger partial charge is 0.408 e. The fourth-order valence-corrected chi connectivity index (χ4v) is 2.41. The molecule has 0 radical (unpaired) electrons. The van der Waals surface area contributed by atoms with Gasteiger partial charge in [-0.2, -0.15) is 0 Å². The van der Waals surface area contributed by atoms with Crippen LogP contribution in [0.25, 0.3) is 11.1 Å². The number of rotatable bonds is 5. The maximum Gasteiger partial charge on any atom is 0.408 e. The number of aliphatic hydroxyl groups excluding tert-OH is 1. The molecule has 138 valence electrons. The van der Waals surface area contributed by atoms with Crippen molar-refractivity contribution < 1.29 is 24.5 Å². The minimum atomic E-state index is -1.52. The number of aliphatic carboxylic acids is 1. The van der Waals surface area contributed by atoms with Crippen LogP contribution in [0, 0.1) is 0 Å². The highest BCUT2D eigenvalue weighted by Crippen LogP contribution is 2.23. The summed E-state index contributed by atoms with van der Waals surface area (Å²) in [6.07, 6.45) is -2.31. The first-order chi connectivity index (χ1) is 12.2. The summed E-state index contributed by atoms with van der Waals surface area (Å²) in [5, 5.41) is 22.0. The van der Waals surface area contributed by atoms with Crippen molar-refractivity contribution in [3.63, 3.8) is 0 Å². The molecule has 0 unspecified atom stereocenters. The van der Waals surface area contributed by atoms with Crippen LogP contribution in [0.1, 0.15) is 32.4 Å². The second-order valence-corrected chi connectivity index (χ2v) is 6.90. The zero-order chi connectivity index (χ0) is 19.3. The fourth-order valence-electron chi connectivity index (χ4n) is 2.41. The molecule has 0 aliphatic carbocycles. The van der Waals surface area contributed by atoms with Gasteiger partial charge in [0, 0.05) is 0 Å². The molecular weight excluding hydrogens is 334 g/mol. The molecule has 0 spiro atoms. The Morgan fingerprint density at radius 2 is 1.50 bits per heavy atom. The average molecular weight is 357 g/mol. The van der Waals surface area contributed by atoms with E-state index in [0.717, 1.165) is 11.1 Å². The Morgan fingerprint density at radius 1 is 0.962 bits per heavy atom. The van der Waals surface area contributed by atoms with Crippen molar-refractivity contribution in [2.75, 3.05) is 0 Å². The molecule has 3 N–H and O–H groups in total. The molecule has 0 saturated heterocycles. The van der Waals surface area contributed by atoms with Gasteiger partial charge in [0.1, 0.15) is 11.7 Å². The van der Waals surface area contributed by atoms with Crippen molar-refractivity contribution in [1.82, 2.24) is 5.32 Å². The largest absolute Gasteiger partial charge is 0.480 e. The van der Waals surface area contributed by atoms with E-state index in [-0.39, 0.29) is 0 Å². The molecule has 0 aliphatic rings. The summed E-state index contributed by atoms with van der Waals surface area (Å²) in [7, 11) is 0. The Kier molecular flexibility index (Phi) is 6.00. The van der Waals surface area contributed by atoms with Crippen molar-refractivity contribution >= 4 is 12.1 Å². The molecule has 0 fully saturated rings. The van der Waals surface area contributed by atoms with E-state index < -0.39 is 29.8 Å². The minimum Gasteiger partial charge on any atom is -0.480 e. The van der Waals surface area contributed by atoms with Crippen LogP contribution in [0.4, 0.5) is 4.79 Å². The second kappa shape index (κ2) is 8.01. The van der Waals surface area contributed by atoms with Crippen LogP contribution in [-0.4, -0.2) is 33.9 Å². The van der Waals surface area contributed by atoms with Gasteiger partial charge in [-0.1, -0.05) is 54.6 Å². The second-order valence-electron chi connectivity index (χ2n) is 6.90. The van der Waals surface area contributed by atoms with E-state index in [9.17, 15) is 19.8 Å². The summed E-state index contributed by atoms with van der Waals surface area (Å²) in [6.45, 7) is 5.00. The molecule has 6 heteroatoms. The molecular formula is C20H23NO5. The molecule has 0 aliphatic heterocycles. The molecule has 2 atom stereocenters. The lowest BCUT2D eigenvalue weighted by atomic mass is 9.98. The number of amides is 1. The Balaban J connectivity index is 2.14. The highest BCUT2D eigenvalue weighted by atomic mass is 16.6. The predicted molar refractivity (Wildman–Crippen MR) is 97.6 cm³/mol. The number of carbonyl (C=O) groups is 2. The van der Waals surface area contributed by atoms with E-state index in [0.29, 0.717) is 5.56 Å². The number of carboxylic acid groups (broad SMARTS) is 1. The van der Waals surface area contributed by atoms with E-state index >= 15 is 0 Å². The van der Waals surface area contributed by atoms with E-state index in [2.05, 4.69) is 5.32 Å². The number of alkyl carbamates (subject to hydrolysis) is 1. The standard InChI is InChI=1S/C20H23NO5/c1-20(2,3)26-19(25)21-16(18(23)24)17(22)15-11-9-14(10-12-15)13-7-5-4-6-8-13/h4-12,16-17,22H,1-3H3,(H,21,25)(H,23,24)/t16-,17+/m0/s1. The number of carbonyl (C=O) groups excluding carboxylic acids is 1. The van der Waals surface area contributed by atoms with Gasteiger partial charge in [-0.05, 0) is 37.5 Å². The lowest BCUT2D eigenvalue weighted by Gasteiger charge is -2.24. The lowest BCUT2D eigenvalue weighted by Crippen LogP contribution is -2.46. The third-order valence-electron chi connectivity index (χ3n) is 3.61. The molecule has 2 aromatic carbocycles. The van der Waals surface area contributed by atoms with E-state index in [1.807, 2.05) is 30.3 Å². The minimum absolute atomic E-state index is 0.383. The number of nitrogens with one attached hydrogen (secondary N) is 1. The number of hydrogen-bond acceptors (Lipinski definition) is 4. The first-order valence-corrected chi connectivity index (χ1v) is 8.23. The summed E-state index contributed by atoms with van der Waals surface area (Å²) >= 11 is 0. The van der Waals surface area contributed by atoms with Crippen LogP contribution in [0.5, 0.6) is 0 Å². The summed E-state index contributed by atoms with van der Waals surface area (Å²) in [5.74, 6) is -1.35. The molecule has 0 saturated carbocycles. The van der Waals surface area contributed by atoms with Crippen molar-refractivity contribution in [3.05, 3.63) is 60.2 Å².